The normalized spacial score (nSPS) is 24.8. The molecular formula is C9H17NO3. The van der Waals surface area contributed by atoms with Gasteiger partial charge in [0.1, 0.15) is 12.1 Å². The van der Waals surface area contributed by atoms with E-state index in [1.807, 2.05) is 13.8 Å². The van der Waals surface area contributed by atoms with Crippen molar-refractivity contribution in [3.05, 3.63) is 0 Å². The van der Waals surface area contributed by atoms with Crippen LogP contribution in [0.3, 0.4) is 0 Å². The maximum Gasteiger partial charge on any atom is 0.323 e. The molecule has 1 unspecified atom stereocenters. The Kier molecular flexibility index (Phi) is 3.69. The van der Waals surface area contributed by atoms with Crippen LogP contribution in [0.1, 0.15) is 20.3 Å². The van der Waals surface area contributed by atoms with Crippen LogP contribution in [0.15, 0.2) is 0 Å². The van der Waals surface area contributed by atoms with Crippen LogP contribution in [-0.2, 0) is 14.3 Å². The molecule has 0 spiro atoms. The minimum atomic E-state index is -0.513. The number of esters is 1. The van der Waals surface area contributed by atoms with Crippen LogP contribution in [0, 0.1) is 5.92 Å². The number of hydrogen-bond donors (Lipinski definition) is 1. The van der Waals surface area contributed by atoms with Gasteiger partial charge in [-0.2, -0.15) is 0 Å². The molecule has 0 radical (unpaired) electrons. The zero-order valence-corrected chi connectivity index (χ0v) is 8.16. The van der Waals surface area contributed by atoms with E-state index in [9.17, 15) is 4.79 Å². The van der Waals surface area contributed by atoms with E-state index in [0.29, 0.717) is 13.2 Å². The summed E-state index contributed by atoms with van der Waals surface area (Å²) in [6.45, 7) is 4.99. The Morgan fingerprint density at radius 3 is 2.77 bits per heavy atom. The van der Waals surface area contributed by atoms with Crippen LogP contribution < -0.4 is 5.73 Å². The molecule has 2 atom stereocenters. The molecule has 1 aliphatic heterocycles. The third kappa shape index (κ3) is 2.97. The van der Waals surface area contributed by atoms with Gasteiger partial charge < -0.3 is 15.2 Å². The topological polar surface area (TPSA) is 61.6 Å². The molecule has 0 aromatic rings. The standard InChI is InChI=1S/C9H17NO3/c1-6(2)8(10)9(11)13-7-3-4-12-5-7/h6-8H,3-5,10H2,1-2H3/t7-,8?/m0/s1. The maximum atomic E-state index is 11.3. The van der Waals surface area contributed by atoms with Gasteiger partial charge in [-0.15, -0.1) is 0 Å². The fourth-order valence-corrected chi connectivity index (χ4v) is 1.12. The number of hydrogen-bond acceptors (Lipinski definition) is 4. The lowest BCUT2D eigenvalue weighted by molar-refractivity contribution is -0.151. The molecule has 0 aromatic carbocycles. The fraction of sp³-hybridized carbons (Fsp3) is 0.889. The van der Waals surface area contributed by atoms with Crippen LogP contribution in [0.4, 0.5) is 0 Å². The Morgan fingerprint density at radius 1 is 1.62 bits per heavy atom. The number of carbonyl (C=O) groups is 1. The van der Waals surface area contributed by atoms with Gasteiger partial charge in [-0.3, -0.25) is 4.79 Å². The van der Waals surface area contributed by atoms with E-state index >= 15 is 0 Å². The highest BCUT2D eigenvalue weighted by atomic mass is 16.6. The first kappa shape index (κ1) is 10.5. The molecule has 4 heteroatoms. The van der Waals surface area contributed by atoms with Gasteiger partial charge in [0.15, 0.2) is 0 Å². The molecule has 0 bridgehead atoms. The second kappa shape index (κ2) is 4.58. The summed E-state index contributed by atoms with van der Waals surface area (Å²) in [5.41, 5.74) is 5.62. The second-order valence-electron chi connectivity index (χ2n) is 3.69. The summed E-state index contributed by atoms with van der Waals surface area (Å²) >= 11 is 0. The van der Waals surface area contributed by atoms with Gasteiger partial charge in [0.05, 0.1) is 13.2 Å². The highest BCUT2D eigenvalue weighted by molar-refractivity contribution is 5.75. The predicted octanol–water partition coefficient (Wildman–Crippen LogP) is 0.302. The van der Waals surface area contributed by atoms with Gasteiger partial charge in [0, 0.05) is 6.42 Å². The first-order valence-electron chi connectivity index (χ1n) is 4.65. The van der Waals surface area contributed by atoms with Crippen LogP contribution >= 0.6 is 0 Å². The largest absolute Gasteiger partial charge is 0.459 e. The Bertz CT molecular complexity index is 176. The number of rotatable bonds is 3. The van der Waals surface area contributed by atoms with E-state index in [4.69, 9.17) is 15.2 Å². The van der Waals surface area contributed by atoms with Crippen molar-refractivity contribution in [1.29, 1.82) is 0 Å². The van der Waals surface area contributed by atoms with Crippen LogP contribution in [0.25, 0.3) is 0 Å². The van der Waals surface area contributed by atoms with E-state index in [2.05, 4.69) is 0 Å². The van der Waals surface area contributed by atoms with Gasteiger partial charge in [-0.05, 0) is 5.92 Å². The fourth-order valence-electron chi connectivity index (χ4n) is 1.12. The maximum absolute atomic E-state index is 11.3. The van der Waals surface area contributed by atoms with Gasteiger partial charge in [0.2, 0.25) is 0 Å². The third-order valence-electron chi connectivity index (χ3n) is 2.16. The molecule has 1 aliphatic rings. The van der Waals surface area contributed by atoms with Gasteiger partial charge in [-0.25, -0.2) is 0 Å². The average Bonchev–Trinajstić information content (AvgIpc) is 2.55. The molecule has 76 valence electrons. The monoisotopic (exact) mass is 187 g/mol. The molecule has 1 heterocycles. The van der Waals surface area contributed by atoms with Crippen molar-refractivity contribution in [2.45, 2.75) is 32.4 Å². The number of nitrogens with two attached hydrogens (primary N) is 1. The van der Waals surface area contributed by atoms with Gasteiger partial charge in [-0.1, -0.05) is 13.8 Å². The summed E-state index contributed by atoms with van der Waals surface area (Å²) in [7, 11) is 0. The summed E-state index contributed by atoms with van der Waals surface area (Å²) in [5, 5.41) is 0. The zero-order valence-electron chi connectivity index (χ0n) is 8.16. The molecule has 4 nitrogen and oxygen atoms in total. The van der Waals surface area contributed by atoms with Crippen molar-refractivity contribution in [1.82, 2.24) is 0 Å². The summed E-state index contributed by atoms with van der Waals surface area (Å²) in [6, 6.07) is -0.513. The summed E-state index contributed by atoms with van der Waals surface area (Å²) in [4.78, 5) is 11.3. The van der Waals surface area contributed by atoms with Crippen molar-refractivity contribution in [3.8, 4) is 0 Å². The smallest absolute Gasteiger partial charge is 0.323 e. The molecule has 1 rings (SSSR count). The van der Waals surface area contributed by atoms with E-state index in [1.165, 1.54) is 0 Å². The lowest BCUT2D eigenvalue weighted by atomic mass is 10.1. The Morgan fingerprint density at radius 2 is 2.31 bits per heavy atom. The molecular weight excluding hydrogens is 170 g/mol. The van der Waals surface area contributed by atoms with Crippen LogP contribution in [-0.4, -0.2) is 31.3 Å². The van der Waals surface area contributed by atoms with E-state index in [1.54, 1.807) is 0 Å². The Hall–Kier alpha value is -0.610. The number of carbonyl (C=O) groups excluding carboxylic acids is 1. The molecule has 0 aliphatic carbocycles. The Balaban J connectivity index is 2.31. The first-order chi connectivity index (χ1) is 6.11. The Labute approximate surface area is 78.4 Å². The van der Waals surface area contributed by atoms with Crippen LogP contribution in [0.5, 0.6) is 0 Å². The highest BCUT2D eigenvalue weighted by Gasteiger charge is 2.25. The van der Waals surface area contributed by atoms with Crippen molar-refractivity contribution in [2.75, 3.05) is 13.2 Å². The molecule has 1 saturated heterocycles. The molecule has 0 aromatic heterocycles. The minimum Gasteiger partial charge on any atom is -0.459 e. The lowest BCUT2D eigenvalue weighted by Gasteiger charge is -2.17. The predicted molar refractivity (Wildman–Crippen MR) is 48.1 cm³/mol. The SMILES string of the molecule is CC(C)C(N)C(=O)O[C@H]1CCOC1. The average molecular weight is 187 g/mol. The number of ether oxygens (including phenoxy) is 2. The van der Waals surface area contributed by atoms with Crippen molar-refractivity contribution in [3.63, 3.8) is 0 Å². The van der Waals surface area contributed by atoms with E-state index < -0.39 is 6.04 Å². The summed E-state index contributed by atoms with van der Waals surface area (Å²) in [6.07, 6.45) is 0.702. The molecule has 13 heavy (non-hydrogen) atoms. The first-order valence-corrected chi connectivity index (χ1v) is 4.65. The van der Waals surface area contributed by atoms with E-state index in [0.717, 1.165) is 6.42 Å². The summed E-state index contributed by atoms with van der Waals surface area (Å²) in [5.74, 6) is -0.194. The second-order valence-corrected chi connectivity index (χ2v) is 3.69. The molecule has 2 N–H and O–H groups in total. The van der Waals surface area contributed by atoms with Crippen LogP contribution in [0.2, 0.25) is 0 Å². The molecule has 1 fully saturated rings. The van der Waals surface area contributed by atoms with Crippen molar-refractivity contribution in [2.24, 2.45) is 11.7 Å². The van der Waals surface area contributed by atoms with Crippen molar-refractivity contribution < 1.29 is 14.3 Å². The summed E-state index contributed by atoms with van der Waals surface area (Å²) < 4.78 is 10.2. The van der Waals surface area contributed by atoms with Gasteiger partial charge >= 0.3 is 5.97 Å². The molecule has 0 saturated carbocycles. The van der Waals surface area contributed by atoms with E-state index in [-0.39, 0.29) is 18.0 Å². The molecule has 0 amide bonds. The third-order valence-corrected chi connectivity index (χ3v) is 2.16. The van der Waals surface area contributed by atoms with Gasteiger partial charge in [0.25, 0.3) is 0 Å². The van der Waals surface area contributed by atoms with Crippen molar-refractivity contribution >= 4 is 5.97 Å². The minimum absolute atomic E-state index is 0.0858. The zero-order chi connectivity index (χ0) is 9.84. The highest BCUT2D eigenvalue weighted by Crippen LogP contribution is 2.10. The quantitative estimate of drug-likeness (QED) is 0.645. The lowest BCUT2D eigenvalue weighted by Crippen LogP contribution is -2.39.